The number of methoxy groups -OCH3 is 1. The number of para-hydroxylation sites is 2. The third-order valence-electron chi connectivity index (χ3n) is 2.95. The fourth-order valence-corrected chi connectivity index (χ4v) is 1.93. The minimum atomic E-state index is -0.323. The molecule has 1 aromatic carbocycles. The first-order valence-electron chi connectivity index (χ1n) is 6.25. The van der Waals surface area contributed by atoms with E-state index in [4.69, 9.17) is 4.74 Å². The van der Waals surface area contributed by atoms with Crippen LogP contribution in [0.2, 0.25) is 0 Å². The number of nitrogens with zero attached hydrogens (tertiary/aromatic N) is 1. The zero-order valence-corrected chi connectivity index (χ0v) is 11.1. The molecule has 0 aliphatic carbocycles. The van der Waals surface area contributed by atoms with Crippen LogP contribution in [-0.4, -0.2) is 12.1 Å². The molecule has 2 aromatic rings. The standard InChI is InChI=1S/C15H17FN2O/c1-3-12(13-9-8-11(16)10-17-13)18-14-6-4-5-7-15(14)19-2/h4-10,12,18H,3H2,1-2H3. The number of anilines is 1. The zero-order chi connectivity index (χ0) is 13.7. The van der Waals surface area contributed by atoms with E-state index in [1.807, 2.05) is 24.3 Å². The zero-order valence-electron chi connectivity index (χ0n) is 11.1. The van der Waals surface area contributed by atoms with Crippen LogP contribution in [0.4, 0.5) is 10.1 Å². The van der Waals surface area contributed by atoms with E-state index in [9.17, 15) is 4.39 Å². The molecule has 3 nitrogen and oxygen atoms in total. The molecule has 0 saturated heterocycles. The second kappa shape index (κ2) is 6.18. The van der Waals surface area contributed by atoms with Crippen LogP contribution in [0.1, 0.15) is 25.1 Å². The Hall–Kier alpha value is -2.10. The number of rotatable bonds is 5. The Bertz CT molecular complexity index is 528. The van der Waals surface area contributed by atoms with Crippen LogP contribution >= 0.6 is 0 Å². The molecule has 0 saturated carbocycles. The fourth-order valence-electron chi connectivity index (χ4n) is 1.93. The maximum atomic E-state index is 12.9. The van der Waals surface area contributed by atoms with Crippen LogP contribution in [0.3, 0.4) is 0 Å². The number of hydrogen-bond acceptors (Lipinski definition) is 3. The van der Waals surface area contributed by atoms with Gasteiger partial charge in [0.15, 0.2) is 0 Å². The minimum Gasteiger partial charge on any atom is -0.495 e. The van der Waals surface area contributed by atoms with Gasteiger partial charge >= 0.3 is 0 Å². The van der Waals surface area contributed by atoms with Gasteiger partial charge in [-0.05, 0) is 30.7 Å². The molecule has 1 unspecified atom stereocenters. The Balaban J connectivity index is 2.21. The normalized spacial score (nSPS) is 11.9. The van der Waals surface area contributed by atoms with Crippen LogP contribution in [0, 0.1) is 5.82 Å². The molecule has 1 atom stereocenters. The highest BCUT2D eigenvalue weighted by Crippen LogP contribution is 2.28. The number of halogens is 1. The molecule has 0 spiro atoms. The first-order valence-corrected chi connectivity index (χ1v) is 6.25. The Kier molecular flexibility index (Phi) is 4.34. The summed E-state index contributed by atoms with van der Waals surface area (Å²) in [4.78, 5) is 4.12. The van der Waals surface area contributed by atoms with E-state index in [1.165, 1.54) is 12.3 Å². The molecule has 100 valence electrons. The van der Waals surface area contributed by atoms with E-state index in [0.717, 1.165) is 23.6 Å². The van der Waals surface area contributed by atoms with Gasteiger partial charge < -0.3 is 10.1 Å². The maximum absolute atomic E-state index is 12.9. The third-order valence-corrected chi connectivity index (χ3v) is 2.95. The predicted molar refractivity (Wildman–Crippen MR) is 73.8 cm³/mol. The quantitative estimate of drug-likeness (QED) is 0.888. The third kappa shape index (κ3) is 3.22. The van der Waals surface area contributed by atoms with Crippen molar-refractivity contribution in [3.8, 4) is 5.75 Å². The van der Waals surface area contributed by atoms with E-state index < -0.39 is 0 Å². The number of ether oxygens (including phenoxy) is 1. The molecule has 0 aliphatic heterocycles. The van der Waals surface area contributed by atoms with Gasteiger partial charge in [0.1, 0.15) is 11.6 Å². The fraction of sp³-hybridized carbons (Fsp3) is 0.267. The minimum absolute atomic E-state index is 0.0249. The molecule has 0 aliphatic rings. The molecule has 0 bridgehead atoms. The van der Waals surface area contributed by atoms with Gasteiger partial charge in [0, 0.05) is 0 Å². The number of hydrogen-bond donors (Lipinski definition) is 1. The second-order valence-electron chi connectivity index (χ2n) is 4.21. The summed E-state index contributed by atoms with van der Waals surface area (Å²) in [7, 11) is 1.64. The Morgan fingerprint density at radius 1 is 1.26 bits per heavy atom. The average molecular weight is 260 g/mol. The van der Waals surface area contributed by atoms with Crippen LogP contribution in [0.5, 0.6) is 5.75 Å². The lowest BCUT2D eigenvalue weighted by Gasteiger charge is -2.19. The predicted octanol–water partition coefficient (Wildman–Crippen LogP) is 3.79. The highest BCUT2D eigenvalue weighted by Gasteiger charge is 2.12. The molecule has 1 aromatic heterocycles. The van der Waals surface area contributed by atoms with Gasteiger partial charge in [-0.2, -0.15) is 0 Å². The molecule has 0 fully saturated rings. The van der Waals surface area contributed by atoms with Crippen molar-refractivity contribution in [1.82, 2.24) is 4.98 Å². The monoisotopic (exact) mass is 260 g/mol. The van der Waals surface area contributed by atoms with E-state index in [0.29, 0.717) is 0 Å². The summed E-state index contributed by atoms with van der Waals surface area (Å²) in [6.45, 7) is 2.05. The average Bonchev–Trinajstić information content (AvgIpc) is 2.46. The first kappa shape index (κ1) is 13.3. The van der Waals surface area contributed by atoms with Gasteiger partial charge in [-0.25, -0.2) is 4.39 Å². The number of pyridine rings is 1. The second-order valence-corrected chi connectivity index (χ2v) is 4.21. The van der Waals surface area contributed by atoms with E-state index >= 15 is 0 Å². The van der Waals surface area contributed by atoms with Gasteiger partial charge in [0.25, 0.3) is 0 Å². The first-order chi connectivity index (χ1) is 9.24. The largest absolute Gasteiger partial charge is 0.495 e. The highest BCUT2D eigenvalue weighted by molar-refractivity contribution is 5.57. The van der Waals surface area contributed by atoms with Crippen molar-refractivity contribution in [2.24, 2.45) is 0 Å². The van der Waals surface area contributed by atoms with Crippen LogP contribution in [-0.2, 0) is 0 Å². The number of nitrogens with one attached hydrogen (secondary N) is 1. The van der Waals surface area contributed by atoms with Crippen molar-refractivity contribution in [2.75, 3.05) is 12.4 Å². The molecule has 19 heavy (non-hydrogen) atoms. The molecule has 1 heterocycles. The van der Waals surface area contributed by atoms with Crippen molar-refractivity contribution in [3.05, 3.63) is 54.1 Å². The summed E-state index contributed by atoms with van der Waals surface area (Å²) in [6, 6.07) is 10.9. The van der Waals surface area contributed by atoms with Crippen molar-refractivity contribution in [1.29, 1.82) is 0 Å². The van der Waals surface area contributed by atoms with Gasteiger partial charge in [0.05, 0.1) is 30.7 Å². The smallest absolute Gasteiger partial charge is 0.141 e. The molecule has 4 heteroatoms. The summed E-state index contributed by atoms with van der Waals surface area (Å²) in [5.41, 5.74) is 1.72. The number of aromatic nitrogens is 1. The lowest BCUT2D eigenvalue weighted by atomic mass is 10.1. The molecule has 0 amide bonds. The van der Waals surface area contributed by atoms with E-state index in [-0.39, 0.29) is 11.9 Å². The van der Waals surface area contributed by atoms with Crippen molar-refractivity contribution < 1.29 is 9.13 Å². The maximum Gasteiger partial charge on any atom is 0.141 e. The van der Waals surface area contributed by atoms with Gasteiger partial charge in [-0.15, -0.1) is 0 Å². The lowest BCUT2D eigenvalue weighted by molar-refractivity contribution is 0.416. The topological polar surface area (TPSA) is 34.1 Å². The number of benzene rings is 1. The molecular formula is C15H17FN2O. The molecule has 2 rings (SSSR count). The van der Waals surface area contributed by atoms with Crippen molar-refractivity contribution in [2.45, 2.75) is 19.4 Å². The summed E-state index contributed by atoms with van der Waals surface area (Å²) in [5.74, 6) is 0.457. The molecule has 0 radical (unpaired) electrons. The summed E-state index contributed by atoms with van der Waals surface area (Å²) in [5, 5.41) is 3.37. The Labute approximate surface area is 112 Å². The Morgan fingerprint density at radius 3 is 2.68 bits per heavy atom. The summed E-state index contributed by atoms with van der Waals surface area (Å²) in [6.07, 6.45) is 2.08. The van der Waals surface area contributed by atoms with Crippen LogP contribution < -0.4 is 10.1 Å². The SMILES string of the molecule is CCC(Nc1ccccc1OC)c1ccc(F)cn1. The van der Waals surface area contributed by atoms with E-state index in [2.05, 4.69) is 17.2 Å². The summed E-state index contributed by atoms with van der Waals surface area (Å²) < 4.78 is 18.2. The van der Waals surface area contributed by atoms with E-state index in [1.54, 1.807) is 13.2 Å². The van der Waals surface area contributed by atoms with Crippen molar-refractivity contribution in [3.63, 3.8) is 0 Å². The molecule has 1 N–H and O–H groups in total. The van der Waals surface area contributed by atoms with Crippen molar-refractivity contribution >= 4 is 5.69 Å². The van der Waals surface area contributed by atoms with Gasteiger partial charge in [-0.3, -0.25) is 4.98 Å². The summed E-state index contributed by atoms with van der Waals surface area (Å²) >= 11 is 0. The highest BCUT2D eigenvalue weighted by atomic mass is 19.1. The van der Waals surface area contributed by atoms with Gasteiger partial charge in [0.2, 0.25) is 0 Å². The lowest BCUT2D eigenvalue weighted by Crippen LogP contribution is -2.12. The van der Waals surface area contributed by atoms with Crippen LogP contribution in [0.25, 0.3) is 0 Å². The van der Waals surface area contributed by atoms with Gasteiger partial charge in [-0.1, -0.05) is 19.1 Å². The van der Waals surface area contributed by atoms with Crippen LogP contribution in [0.15, 0.2) is 42.6 Å². The molecular weight excluding hydrogens is 243 g/mol. The Morgan fingerprint density at radius 2 is 2.05 bits per heavy atom.